The minimum absolute atomic E-state index is 0.0275. The lowest BCUT2D eigenvalue weighted by Gasteiger charge is -2.07. The number of nitrogens with one attached hydrogen (secondary N) is 1. The maximum atomic E-state index is 11.6. The average molecular weight is 338 g/mol. The fraction of sp³-hybridized carbons (Fsp3) is 0.0556. The Hall–Kier alpha value is -3.61. The Morgan fingerprint density at radius 2 is 1.68 bits per heavy atom. The number of carbonyl (C=O) groups is 1. The number of ether oxygens (including phenoxy) is 1. The Morgan fingerprint density at radius 3 is 2.20 bits per heavy atom. The number of benzene rings is 2. The lowest BCUT2D eigenvalue weighted by atomic mass is 9.96. The summed E-state index contributed by atoms with van der Waals surface area (Å²) >= 11 is 0. The lowest BCUT2D eigenvalue weighted by molar-refractivity contribution is -0.384. The Bertz CT molecular complexity index is 927. The summed E-state index contributed by atoms with van der Waals surface area (Å²) in [5, 5.41) is 20.3. The highest BCUT2D eigenvalue weighted by Gasteiger charge is 2.20. The number of non-ortho nitro benzene ring substituents is 1. The second-order valence-electron chi connectivity index (χ2n) is 5.29. The molecule has 0 fully saturated rings. The zero-order valence-corrected chi connectivity index (χ0v) is 13.2. The zero-order chi connectivity index (χ0) is 18.0. The number of methoxy groups -OCH3 is 1. The van der Waals surface area contributed by atoms with Crippen LogP contribution in [0, 0.1) is 10.1 Å². The summed E-state index contributed by atoms with van der Waals surface area (Å²) < 4.78 is 5.13. The maximum absolute atomic E-state index is 11.6. The summed E-state index contributed by atoms with van der Waals surface area (Å²) in [5.41, 5.74) is 2.52. The molecule has 2 N–H and O–H groups in total. The molecule has 0 aliphatic carbocycles. The molecule has 0 aliphatic rings. The molecule has 7 heteroatoms. The van der Waals surface area contributed by atoms with E-state index in [9.17, 15) is 20.0 Å². The molecule has 0 radical (unpaired) electrons. The van der Waals surface area contributed by atoms with Crippen LogP contribution in [-0.2, 0) is 0 Å². The van der Waals surface area contributed by atoms with Gasteiger partial charge in [0, 0.05) is 29.5 Å². The first-order valence-corrected chi connectivity index (χ1v) is 7.35. The predicted octanol–water partition coefficient (Wildman–Crippen LogP) is 3.96. The Labute approximate surface area is 142 Å². The number of aromatic nitrogens is 1. The SMILES string of the molecule is COc1ccc(-c2c[nH]c(C(=O)O)c2-c2ccc([N+](=O)[O-])cc2)cc1. The predicted molar refractivity (Wildman–Crippen MR) is 91.8 cm³/mol. The summed E-state index contributed by atoms with van der Waals surface area (Å²) in [6.07, 6.45) is 1.61. The molecule has 1 heterocycles. The molecule has 0 saturated carbocycles. The molecule has 126 valence electrons. The van der Waals surface area contributed by atoms with Gasteiger partial charge in [-0.05, 0) is 35.4 Å². The molecule has 0 unspecified atom stereocenters. The average Bonchev–Trinajstić information content (AvgIpc) is 3.07. The third-order valence-corrected chi connectivity index (χ3v) is 3.86. The molecule has 7 nitrogen and oxygen atoms in total. The van der Waals surface area contributed by atoms with Crippen molar-refractivity contribution < 1.29 is 19.6 Å². The number of H-pyrrole nitrogens is 1. The first kappa shape index (κ1) is 16.3. The van der Waals surface area contributed by atoms with Crippen molar-refractivity contribution in [1.29, 1.82) is 0 Å². The molecule has 3 rings (SSSR count). The van der Waals surface area contributed by atoms with Crippen LogP contribution in [0.25, 0.3) is 22.3 Å². The largest absolute Gasteiger partial charge is 0.497 e. The molecule has 0 bridgehead atoms. The van der Waals surface area contributed by atoms with Crippen LogP contribution in [0.2, 0.25) is 0 Å². The van der Waals surface area contributed by atoms with Gasteiger partial charge in [0.2, 0.25) is 0 Å². The van der Waals surface area contributed by atoms with Gasteiger partial charge in [-0.1, -0.05) is 12.1 Å². The van der Waals surface area contributed by atoms with Crippen molar-refractivity contribution in [2.24, 2.45) is 0 Å². The van der Waals surface area contributed by atoms with Gasteiger partial charge in [-0.2, -0.15) is 0 Å². The summed E-state index contributed by atoms with van der Waals surface area (Å²) in [5.74, 6) is -0.414. The van der Waals surface area contributed by atoms with Gasteiger partial charge >= 0.3 is 5.97 Å². The first-order chi connectivity index (χ1) is 12.0. The van der Waals surface area contributed by atoms with E-state index in [1.165, 1.54) is 12.1 Å². The van der Waals surface area contributed by atoms with Crippen molar-refractivity contribution in [3.63, 3.8) is 0 Å². The number of aromatic carboxylic acids is 1. The molecule has 3 aromatic rings. The monoisotopic (exact) mass is 338 g/mol. The normalized spacial score (nSPS) is 10.4. The van der Waals surface area contributed by atoms with Crippen molar-refractivity contribution in [1.82, 2.24) is 4.98 Å². The van der Waals surface area contributed by atoms with Crippen molar-refractivity contribution in [2.45, 2.75) is 0 Å². The number of aromatic amines is 1. The lowest BCUT2D eigenvalue weighted by Crippen LogP contribution is -1.99. The number of rotatable bonds is 5. The van der Waals surface area contributed by atoms with Crippen molar-refractivity contribution >= 4 is 11.7 Å². The van der Waals surface area contributed by atoms with E-state index in [0.29, 0.717) is 22.4 Å². The van der Waals surface area contributed by atoms with Crippen LogP contribution >= 0.6 is 0 Å². The number of carboxylic acids is 1. The van der Waals surface area contributed by atoms with E-state index in [0.717, 1.165) is 5.56 Å². The van der Waals surface area contributed by atoms with E-state index in [-0.39, 0.29) is 11.4 Å². The van der Waals surface area contributed by atoms with Crippen LogP contribution in [0.5, 0.6) is 5.75 Å². The third-order valence-electron chi connectivity index (χ3n) is 3.86. The van der Waals surface area contributed by atoms with Gasteiger partial charge in [0.05, 0.1) is 12.0 Å². The molecule has 0 amide bonds. The van der Waals surface area contributed by atoms with Gasteiger partial charge in [-0.3, -0.25) is 10.1 Å². The van der Waals surface area contributed by atoms with Crippen LogP contribution in [0.15, 0.2) is 54.7 Å². The van der Waals surface area contributed by atoms with Crippen LogP contribution in [0.3, 0.4) is 0 Å². The number of hydrogen-bond acceptors (Lipinski definition) is 4. The van der Waals surface area contributed by atoms with Crippen molar-refractivity contribution in [3.8, 4) is 28.0 Å². The third kappa shape index (κ3) is 3.07. The Balaban J connectivity index is 2.14. The van der Waals surface area contributed by atoms with E-state index in [4.69, 9.17) is 4.74 Å². The van der Waals surface area contributed by atoms with Gasteiger partial charge < -0.3 is 14.8 Å². The minimum Gasteiger partial charge on any atom is -0.497 e. The molecule has 25 heavy (non-hydrogen) atoms. The summed E-state index contributed by atoms with van der Waals surface area (Å²) in [6, 6.07) is 13.0. The number of nitrogens with zero attached hydrogens (tertiary/aromatic N) is 1. The van der Waals surface area contributed by atoms with E-state index >= 15 is 0 Å². The summed E-state index contributed by atoms with van der Waals surface area (Å²) in [7, 11) is 1.57. The number of nitro benzene ring substituents is 1. The minimum atomic E-state index is -1.10. The smallest absolute Gasteiger partial charge is 0.352 e. The van der Waals surface area contributed by atoms with Crippen LogP contribution in [0.4, 0.5) is 5.69 Å². The summed E-state index contributed by atoms with van der Waals surface area (Å²) in [4.78, 5) is 24.6. The maximum Gasteiger partial charge on any atom is 0.352 e. The number of hydrogen-bond donors (Lipinski definition) is 2. The topological polar surface area (TPSA) is 105 Å². The van der Waals surface area contributed by atoms with Gasteiger partial charge in [0.15, 0.2) is 0 Å². The van der Waals surface area contributed by atoms with Gasteiger partial charge in [0.1, 0.15) is 11.4 Å². The van der Waals surface area contributed by atoms with Crippen LogP contribution in [-0.4, -0.2) is 28.1 Å². The molecule has 2 aromatic carbocycles. The Morgan fingerprint density at radius 1 is 1.08 bits per heavy atom. The molecule has 0 aliphatic heterocycles. The highest BCUT2D eigenvalue weighted by molar-refractivity contribution is 6.00. The number of carboxylic acid groups (broad SMARTS) is 1. The molecule has 1 aromatic heterocycles. The zero-order valence-electron chi connectivity index (χ0n) is 13.2. The second-order valence-corrected chi connectivity index (χ2v) is 5.29. The molecule has 0 saturated heterocycles. The molecular formula is C18H14N2O5. The second kappa shape index (κ2) is 6.48. The van der Waals surface area contributed by atoms with Crippen molar-refractivity contribution in [2.75, 3.05) is 7.11 Å². The van der Waals surface area contributed by atoms with E-state index in [2.05, 4.69) is 4.98 Å². The number of nitro groups is 1. The molecular weight excluding hydrogens is 324 g/mol. The van der Waals surface area contributed by atoms with E-state index in [1.807, 2.05) is 12.1 Å². The summed E-state index contributed by atoms with van der Waals surface area (Å²) in [6.45, 7) is 0. The van der Waals surface area contributed by atoms with E-state index in [1.54, 1.807) is 37.6 Å². The van der Waals surface area contributed by atoms with Crippen LogP contribution in [0.1, 0.15) is 10.5 Å². The highest BCUT2D eigenvalue weighted by atomic mass is 16.6. The Kier molecular flexibility index (Phi) is 4.21. The van der Waals surface area contributed by atoms with Gasteiger partial charge in [-0.25, -0.2) is 4.79 Å². The standard InChI is InChI=1S/C18H14N2O5/c1-25-14-8-4-11(5-9-14)15-10-19-17(18(21)22)16(15)12-2-6-13(7-3-12)20(23)24/h2-10,19H,1H3,(H,21,22). The van der Waals surface area contributed by atoms with Crippen LogP contribution < -0.4 is 4.74 Å². The highest BCUT2D eigenvalue weighted by Crippen LogP contribution is 2.36. The fourth-order valence-electron chi connectivity index (χ4n) is 2.64. The molecule has 0 spiro atoms. The fourth-order valence-corrected chi connectivity index (χ4v) is 2.64. The van der Waals surface area contributed by atoms with Crippen molar-refractivity contribution in [3.05, 3.63) is 70.5 Å². The van der Waals surface area contributed by atoms with Gasteiger partial charge in [-0.15, -0.1) is 0 Å². The molecule has 0 atom stereocenters. The van der Waals surface area contributed by atoms with E-state index < -0.39 is 10.9 Å². The van der Waals surface area contributed by atoms with Gasteiger partial charge in [0.25, 0.3) is 5.69 Å². The first-order valence-electron chi connectivity index (χ1n) is 7.35. The quantitative estimate of drug-likeness (QED) is 0.541.